The summed E-state index contributed by atoms with van der Waals surface area (Å²) in [6, 6.07) is 60.3. The summed E-state index contributed by atoms with van der Waals surface area (Å²) >= 11 is 25.9. The summed E-state index contributed by atoms with van der Waals surface area (Å²) in [6.07, 6.45) is 0. The van der Waals surface area contributed by atoms with Crippen LogP contribution in [0.2, 0.25) is 20.1 Å². The van der Waals surface area contributed by atoms with E-state index in [4.69, 9.17) is 46.4 Å². The number of fused-ring (bicyclic) bond motifs is 2. The van der Waals surface area contributed by atoms with E-state index in [1.54, 1.807) is 0 Å². The van der Waals surface area contributed by atoms with Gasteiger partial charge in [0.25, 0.3) is 0 Å². The van der Waals surface area contributed by atoms with Crippen molar-refractivity contribution in [1.82, 2.24) is 0 Å². The van der Waals surface area contributed by atoms with E-state index in [9.17, 15) is 0 Å². The Morgan fingerprint density at radius 2 is 0.569 bits per heavy atom. The fraction of sp³-hybridized carbons (Fsp3) is 0. The molecule has 0 amide bonds. The summed E-state index contributed by atoms with van der Waals surface area (Å²) in [5.41, 5.74) is 2.53. The van der Waals surface area contributed by atoms with Crippen molar-refractivity contribution in [1.29, 1.82) is 0 Å². The first kappa shape index (κ1) is 36.3. The Kier molecular flexibility index (Phi) is 11.3. The minimum Gasteiger partial charge on any atom is -0.0843 e. The molecule has 0 saturated carbocycles. The fourth-order valence-electron chi connectivity index (χ4n) is 6.92. The summed E-state index contributed by atoms with van der Waals surface area (Å²) in [4.78, 5) is 0. The summed E-state index contributed by atoms with van der Waals surface area (Å²) in [6.45, 7) is 0. The van der Waals surface area contributed by atoms with Crippen molar-refractivity contribution in [2.24, 2.45) is 0 Å². The van der Waals surface area contributed by atoms with Gasteiger partial charge in [-0.1, -0.05) is 107 Å². The zero-order chi connectivity index (χ0) is 34.2. The van der Waals surface area contributed by atoms with Crippen molar-refractivity contribution >= 4 is 116 Å². The van der Waals surface area contributed by atoms with E-state index >= 15 is 0 Å². The van der Waals surface area contributed by atoms with Crippen molar-refractivity contribution in [3.05, 3.63) is 190 Å². The average Bonchev–Trinajstić information content (AvgIpc) is 3.15. The molecule has 0 aliphatic rings. The van der Waals surface area contributed by atoms with Crippen LogP contribution in [0.4, 0.5) is 0 Å². The number of halogens is 4. The first-order chi connectivity index (χ1) is 24.4. The molecule has 0 saturated heterocycles. The molecule has 7 heteroatoms. The quantitative estimate of drug-likeness (QED) is 0.111. The van der Waals surface area contributed by atoms with Crippen LogP contribution in [-0.2, 0) is 19.5 Å². The fourth-order valence-corrected chi connectivity index (χ4v) is 12.9. The van der Waals surface area contributed by atoms with Gasteiger partial charge in [-0.05, 0) is 131 Å². The van der Waals surface area contributed by atoms with E-state index in [-0.39, 0.29) is 19.5 Å². The Bertz CT molecular complexity index is 2200. The third kappa shape index (κ3) is 7.43. The maximum atomic E-state index is 6.47. The maximum absolute atomic E-state index is 6.47. The van der Waals surface area contributed by atoms with E-state index in [2.05, 4.69) is 121 Å². The molecule has 250 valence electrons. The third-order valence-electron chi connectivity index (χ3n) is 9.18. The summed E-state index contributed by atoms with van der Waals surface area (Å²) in [5, 5.41) is 15.4. The Hall–Kier alpha value is -3.08. The van der Waals surface area contributed by atoms with Crippen molar-refractivity contribution in [3.8, 4) is 11.1 Å². The topological polar surface area (TPSA) is 0 Å². The molecule has 0 unspecified atom stereocenters. The molecule has 0 fully saturated rings. The van der Waals surface area contributed by atoms with Gasteiger partial charge in [-0.25, -0.2) is 0 Å². The normalized spacial score (nSPS) is 11.3. The van der Waals surface area contributed by atoms with Crippen LogP contribution in [-0.4, -0.2) is 0 Å². The molecule has 0 N–H and O–H groups in total. The molecule has 0 aliphatic carbocycles. The van der Waals surface area contributed by atoms with Crippen molar-refractivity contribution < 1.29 is 19.5 Å². The maximum Gasteiger partial charge on any atom is 0.111 e. The molecular formula is C44H30Cl4P2Ru+2. The molecule has 0 spiro atoms. The second-order valence-electron chi connectivity index (χ2n) is 12.2. The summed E-state index contributed by atoms with van der Waals surface area (Å²) in [7, 11) is -3.13. The molecule has 51 heavy (non-hydrogen) atoms. The van der Waals surface area contributed by atoms with Gasteiger partial charge in [0.2, 0.25) is 0 Å². The van der Waals surface area contributed by atoms with E-state index in [1.165, 1.54) is 64.5 Å². The minimum atomic E-state index is -1.57. The van der Waals surface area contributed by atoms with E-state index in [0.717, 1.165) is 20.1 Å². The molecule has 8 aromatic carbocycles. The predicted molar refractivity (Wildman–Crippen MR) is 227 cm³/mol. The second kappa shape index (κ2) is 15.9. The Morgan fingerprint density at radius 1 is 0.294 bits per heavy atom. The predicted octanol–water partition coefficient (Wildman–Crippen LogP) is 11.3. The Morgan fingerprint density at radius 3 is 0.863 bits per heavy atom. The number of hydrogen-bond acceptors (Lipinski definition) is 0. The molecule has 0 atom stereocenters. The molecule has 0 aromatic heterocycles. The van der Waals surface area contributed by atoms with Crippen LogP contribution in [0.25, 0.3) is 32.7 Å². The SMILES string of the molecule is Clc1ccc([PH+](c2ccc(Cl)cc2)c2ccc3ccccc3c2-c2c([PH+](c3ccc(Cl)cc3)c3ccc(Cl)cc3)ccc3ccccc23)cc1.[Ru]. The van der Waals surface area contributed by atoms with Crippen molar-refractivity contribution in [2.45, 2.75) is 0 Å². The van der Waals surface area contributed by atoms with Crippen molar-refractivity contribution in [2.75, 3.05) is 0 Å². The van der Waals surface area contributed by atoms with Gasteiger partial charge < -0.3 is 0 Å². The van der Waals surface area contributed by atoms with Crippen LogP contribution in [0.15, 0.2) is 170 Å². The van der Waals surface area contributed by atoms with Gasteiger partial charge >= 0.3 is 0 Å². The van der Waals surface area contributed by atoms with Gasteiger partial charge in [-0.2, -0.15) is 0 Å². The van der Waals surface area contributed by atoms with Crippen LogP contribution in [0.5, 0.6) is 0 Å². The van der Waals surface area contributed by atoms with Crippen LogP contribution in [0, 0.1) is 0 Å². The number of hydrogen-bond donors (Lipinski definition) is 0. The summed E-state index contributed by atoms with van der Waals surface area (Å²) in [5.74, 6) is 0. The first-order valence-electron chi connectivity index (χ1n) is 16.3. The molecule has 8 aromatic rings. The zero-order valence-electron chi connectivity index (χ0n) is 27.0. The molecule has 0 aliphatic heterocycles. The molecule has 8 rings (SSSR count). The Labute approximate surface area is 333 Å². The molecule has 0 bridgehead atoms. The van der Waals surface area contributed by atoms with Gasteiger partial charge in [0.1, 0.15) is 31.8 Å². The Balaban J connectivity index is 0.00000406. The van der Waals surface area contributed by atoms with Crippen LogP contribution >= 0.6 is 62.2 Å². The van der Waals surface area contributed by atoms with Gasteiger partial charge in [-0.3, -0.25) is 0 Å². The molecule has 0 heterocycles. The van der Waals surface area contributed by atoms with Gasteiger partial charge in [0.05, 0.1) is 15.8 Å². The van der Waals surface area contributed by atoms with E-state index < -0.39 is 15.8 Å². The first-order valence-corrected chi connectivity index (χ1v) is 20.8. The van der Waals surface area contributed by atoms with Crippen LogP contribution in [0.3, 0.4) is 0 Å². The van der Waals surface area contributed by atoms with Gasteiger partial charge in [0, 0.05) is 50.7 Å². The average molecular weight is 864 g/mol. The summed E-state index contributed by atoms with van der Waals surface area (Å²) < 4.78 is 0. The second-order valence-corrected chi connectivity index (χ2v) is 18.8. The van der Waals surface area contributed by atoms with Gasteiger partial charge in [-0.15, -0.1) is 0 Å². The van der Waals surface area contributed by atoms with E-state index in [1.807, 2.05) is 48.5 Å². The molecular weight excluding hydrogens is 833 g/mol. The van der Waals surface area contributed by atoms with Gasteiger partial charge in [0.15, 0.2) is 0 Å². The molecule has 0 radical (unpaired) electrons. The smallest absolute Gasteiger partial charge is 0.0843 e. The van der Waals surface area contributed by atoms with E-state index in [0.29, 0.717) is 0 Å². The number of rotatable bonds is 7. The monoisotopic (exact) mass is 862 g/mol. The van der Waals surface area contributed by atoms with Crippen LogP contribution in [0.1, 0.15) is 0 Å². The third-order valence-corrected chi connectivity index (χ3v) is 15.7. The largest absolute Gasteiger partial charge is 0.111 e. The number of benzene rings is 8. The molecule has 0 nitrogen and oxygen atoms in total. The van der Waals surface area contributed by atoms with Crippen molar-refractivity contribution in [3.63, 3.8) is 0 Å². The zero-order valence-corrected chi connectivity index (χ0v) is 33.8. The van der Waals surface area contributed by atoms with Crippen LogP contribution < -0.4 is 31.8 Å². The minimum absolute atomic E-state index is 0. The standard InChI is InChI=1S/C44H28Cl4P2.Ru/c45-31-11-19-35(20-12-31)49(36-21-13-32(46)14-22-36)41-27-9-29-5-1-3-7-39(29)43(41)44-40-8-4-2-6-30(40)10-28-42(44)50(37-23-15-33(47)16-24-37)38-25-17-34(48)18-26-38;/h1-28H;/p+2.